The lowest BCUT2D eigenvalue weighted by Crippen LogP contribution is -2.65. The zero-order valence-electron chi connectivity index (χ0n) is 32.0. The Hall–Kier alpha value is -5.22. The molecular formula is C41H45FN6O6SSi. The summed E-state index contributed by atoms with van der Waals surface area (Å²) in [6.45, 7) is 7.86. The van der Waals surface area contributed by atoms with E-state index in [0.717, 1.165) is 14.9 Å². The van der Waals surface area contributed by atoms with E-state index in [-0.39, 0.29) is 25.0 Å². The number of aryl methyl sites for hydroxylation is 1. The third-order valence-electron chi connectivity index (χ3n) is 11.2. The Morgan fingerprint density at radius 1 is 1.02 bits per heavy atom. The van der Waals surface area contributed by atoms with Gasteiger partial charge in [-0.1, -0.05) is 85.8 Å². The van der Waals surface area contributed by atoms with E-state index in [1.807, 2.05) is 60.7 Å². The molecule has 6 aromatic rings. The van der Waals surface area contributed by atoms with Crippen molar-refractivity contribution in [1.29, 1.82) is 0 Å². The molecule has 2 N–H and O–H groups in total. The molecule has 4 heterocycles. The maximum absolute atomic E-state index is 15.0. The molecule has 1 saturated heterocycles. The van der Waals surface area contributed by atoms with Crippen molar-refractivity contribution >= 4 is 46.2 Å². The summed E-state index contributed by atoms with van der Waals surface area (Å²) in [5.41, 5.74) is -1.82. The first-order valence-electron chi connectivity index (χ1n) is 18.5. The highest BCUT2D eigenvalue weighted by atomic mass is 32.1. The van der Waals surface area contributed by atoms with Crippen LogP contribution in [0.1, 0.15) is 57.3 Å². The minimum atomic E-state index is -3.30. The molecule has 0 spiro atoms. The molecule has 0 radical (unpaired) electrons. The Bertz CT molecular complexity index is 2450. The van der Waals surface area contributed by atoms with Gasteiger partial charge < -0.3 is 19.6 Å². The van der Waals surface area contributed by atoms with E-state index < -0.39 is 48.0 Å². The van der Waals surface area contributed by atoms with Crippen molar-refractivity contribution in [2.45, 2.75) is 70.2 Å². The van der Waals surface area contributed by atoms with Gasteiger partial charge in [0.1, 0.15) is 33.0 Å². The fraction of sp³-hybridized carbons (Fsp3) is 0.341. The summed E-state index contributed by atoms with van der Waals surface area (Å²) in [6.07, 6.45) is 3.43. The van der Waals surface area contributed by atoms with Crippen LogP contribution in [0, 0.1) is 12.7 Å². The monoisotopic (exact) mass is 796 g/mol. The zero-order valence-corrected chi connectivity index (χ0v) is 33.8. The fourth-order valence-corrected chi connectivity index (χ4v) is 13.0. The Kier molecular flexibility index (Phi) is 10.7. The number of rotatable bonds is 14. The first-order valence-corrected chi connectivity index (χ1v) is 21.3. The Balaban J connectivity index is 1.29. The number of carbonyl (C=O) groups excluding carboxylic acids is 1. The highest BCUT2D eigenvalue weighted by Gasteiger charge is 2.49. The highest BCUT2D eigenvalue weighted by Crippen LogP contribution is 2.41. The second-order valence-electron chi connectivity index (χ2n) is 15.0. The smallest absolute Gasteiger partial charge is 0.333 e. The van der Waals surface area contributed by atoms with Crippen molar-refractivity contribution in [2.75, 3.05) is 20.3 Å². The summed E-state index contributed by atoms with van der Waals surface area (Å²) in [4.78, 5) is 56.7. The SMILES string of the molecule is COc1ccc(F)cc1[C@H](Cn1c(=O)n([C@@]2(C)CCNC2=O)c(=O)c2c(C)c(-n3nccn3)sc21)OCCCC(C)(C)[Si](O)(c1ccccc1)c1ccccc1. The van der Waals surface area contributed by atoms with Crippen molar-refractivity contribution in [1.82, 2.24) is 29.4 Å². The number of hydrogen-bond acceptors (Lipinski definition) is 9. The molecule has 3 aromatic carbocycles. The number of hydrogen-bond donors (Lipinski definition) is 2. The van der Waals surface area contributed by atoms with Crippen molar-refractivity contribution in [3.8, 4) is 10.8 Å². The van der Waals surface area contributed by atoms with E-state index in [9.17, 15) is 19.2 Å². The Morgan fingerprint density at radius 3 is 2.25 bits per heavy atom. The normalized spacial score (nSPS) is 16.7. The minimum absolute atomic E-state index is 0.144. The van der Waals surface area contributed by atoms with Crippen LogP contribution < -0.4 is 31.7 Å². The number of fused-ring (bicyclic) bond motifs is 1. The summed E-state index contributed by atoms with van der Waals surface area (Å²) in [6, 6.07) is 23.7. The van der Waals surface area contributed by atoms with Gasteiger partial charge in [0.2, 0.25) is 5.91 Å². The summed E-state index contributed by atoms with van der Waals surface area (Å²) < 4.78 is 29.8. The molecule has 1 aliphatic heterocycles. The molecule has 0 aliphatic carbocycles. The lowest BCUT2D eigenvalue weighted by Gasteiger charge is -2.41. The summed E-state index contributed by atoms with van der Waals surface area (Å²) in [5.74, 6) is -0.592. The first-order chi connectivity index (χ1) is 26.8. The molecule has 292 valence electrons. The van der Waals surface area contributed by atoms with Crippen LogP contribution in [-0.2, 0) is 21.6 Å². The number of aromatic nitrogens is 5. The van der Waals surface area contributed by atoms with Gasteiger partial charge in [-0.3, -0.25) is 14.2 Å². The van der Waals surface area contributed by atoms with Crippen LogP contribution in [0.25, 0.3) is 15.2 Å². The Morgan fingerprint density at radius 2 is 1.66 bits per heavy atom. The lowest BCUT2D eigenvalue weighted by molar-refractivity contribution is -0.126. The topological polar surface area (TPSA) is 142 Å². The largest absolute Gasteiger partial charge is 0.496 e. The van der Waals surface area contributed by atoms with Crippen molar-refractivity contribution in [3.63, 3.8) is 0 Å². The number of benzene rings is 3. The molecule has 1 fully saturated rings. The van der Waals surface area contributed by atoms with Gasteiger partial charge in [-0.05, 0) is 66.7 Å². The van der Waals surface area contributed by atoms with Crippen LogP contribution in [0.5, 0.6) is 5.75 Å². The fourth-order valence-electron chi connectivity index (χ4n) is 7.97. The van der Waals surface area contributed by atoms with E-state index in [4.69, 9.17) is 9.47 Å². The molecule has 0 unspecified atom stereocenters. The number of ether oxygens (including phenoxy) is 2. The third-order valence-corrected chi connectivity index (χ3v) is 17.0. The van der Waals surface area contributed by atoms with Gasteiger partial charge in [0.25, 0.3) is 13.9 Å². The summed E-state index contributed by atoms with van der Waals surface area (Å²) in [7, 11) is -1.82. The van der Waals surface area contributed by atoms with Crippen LogP contribution in [0.3, 0.4) is 0 Å². The van der Waals surface area contributed by atoms with Crippen LogP contribution >= 0.6 is 11.3 Å². The van der Waals surface area contributed by atoms with Crippen molar-refractivity contribution in [3.05, 3.63) is 129 Å². The van der Waals surface area contributed by atoms with Gasteiger partial charge in [-0.15, -0.1) is 4.80 Å². The van der Waals surface area contributed by atoms with Gasteiger partial charge in [0, 0.05) is 24.3 Å². The summed E-state index contributed by atoms with van der Waals surface area (Å²) in [5, 5.41) is 13.4. The molecule has 15 heteroatoms. The summed E-state index contributed by atoms with van der Waals surface area (Å²) >= 11 is 1.17. The van der Waals surface area contributed by atoms with E-state index in [0.29, 0.717) is 46.1 Å². The molecule has 7 rings (SSSR count). The molecule has 2 atom stereocenters. The van der Waals surface area contributed by atoms with Crippen molar-refractivity contribution in [2.24, 2.45) is 0 Å². The van der Waals surface area contributed by atoms with E-state index in [1.165, 1.54) is 58.4 Å². The molecule has 1 amide bonds. The lowest BCUT2D eigenvalue weighted by atomic mass is 10.00. The first kappa shape index (κ1) is 39.0. The van der Waals surface area contributed by atoms with Gasteiger partial charge in [0.05, 0.1) is 31.4 Å². The van der Waals surface area contributed by atoms with Crippen LogP contribution in [0.15, 0.2) is 101 Å². The number of halogens is 1. The van der Waals surface area contributed by atoms with Crippen LogP contribution in [0.4, 0.5) is 4.39 Å². The highest BCUT2D eigenvalue weighted by molar-refractivity contribution is 7.21. The molecule has 56 heavy (non-hydrogen) atoms. The molecule has 12 nitrogen and oxygen atoms in total. The van der Waals surface area contributed by atoms with Gasteiger partial charge in [0.15, 0.2) is 0 Å². The van der Waals surface area contributed by atoms with Gasteiger partial charge in [-0.2, -0.15) is 10.2 Å². The number of carbonyl (C=O) groups is 1. The van der Waals surface area contributed by atoms with Crippen molar-refractivity contribution < 1.29 is 23.5 Å². The second kappa shape index (κ2) is 15.4. The van der Waals surface area contributed by atoms with E-state index in [1.54, 1.807) is 13.8 Å². The maximum Gasteiger partial charge on any atom is 0.333 e. The molecule has 0 saturated carbocycles. The average molecular weight is 797 g/mol. The average Bonchev–Trinajstić information content (AvgIpc) is 3.94. The maximum atomic E-state index is 15.0. The quantitative estimate of drug-likeness (QED) is 0.121. The predicted octanol–water partition coefficient (Wildman–Crippen LogP) is 4.57. The predicted molar refractivity (Wildman–Crippen MR) is 216 cm³/mol. The number of methoxy groups -OCH3 is 1. The molecule has 3 aromatic heterocycles. The molecule has 0 bridgehead atoms. The van der Waals surface area contributed by atoms with Gasteiger partial charge in [-0.25, -0.2) is 13.8 Å². The number of amides is 1. The van der Waals surface area contributed by atoms with Crippen LogP contribution in [-0.4, -0.2) is 63.4 Å². The van der Waals surface area contributed by atoms with E-state index >= 15 is 4.39 Å². The van der Waals surface area contributed by atoms with E-state index in [2.05, 4.69) is 29.4 Å². The van der Waals surface area contributed by atoms with Gasteiger partial charge >= 0.3 is 5.69 Å². The second-order valence-corrected chi connectivity index (χ2v) is 19.9. The minimum Gasteiger partial charge on any atom is -0.496 e. The van der Waals surface area contributed by atoms with Crippen LogP contribution in [0.2, 0.25) is 5.04 Å². The number of thiophene rings is 1. The zero-order chi connectivity index (χ0) is 39.8. The number of nitrogens with zero attached hydrogens (tertiary/aromatic N) is 5. The standard InChI is InChI=1S/C41H45FN6O6SSi/c1-27-34-35(49)47(41(4)20-21-43-38(41)50)39(51)46(37(34)55-36(27)48-44-22-23-45-48)26-33(31-25-28(42)17-18-32(31)53-5)54-24-12-19-40(2,3)56(52,29-13-8-6-9-14-29)30-15-10-7-11-16-30/h6-11,13-18,22-23,25,33,52H,12,19-21,24,26H2,1-5H3,(H,43,50)/t33-,41-/m0/s1. The third kappa shape index (κ3) is 6.71. The number of nitrogens with one attached hydrogen (secondary N) is 1. The molecule has 1 aliphatic rings. The molecular weight excluding hydrogens is 752 g/mol. The Labute approximate surface area is 328 Å².